The lowest BCUT2D eigenvalue weighted by Crippen LogP contribution is -2.14. The molecule has 0 fully saturated rings. The highest BCUT2D eigenvalue weighted by Crippen LogP contribution is 2.54. The quantitative estimate of drug-likeness (QED) is 0.135. The molecule has 0 radical (unpaired) electrons. The second-order valence-electron chi connectivity index (χ2n) is 39.1. The van der Waals surface area contributed by atoms with Crippen molar-refractivity contribution < 1.29 is 0 Å². The Bertz CT molecular complexity index is 10600. The van der Waals surface area contributed by atoms with E-state index in [1.54, 1.807) is 0 Å². The summed E-state index contributed by atoms with van der Waals surface area (Å²) in [6, 6.07) is 188. The van der Waals surface area contributed by atoms with Gasteiger partial charge in [0.1, 0.15) is 0 Å². The zero-order chi connectivity index (χ0) is 95.6. The van der Waals surface area contributed by atoms with Crippen LogP contribution in [0.1, 0.15) is 25.0 Å². The molecule has 7 heteroatoms. The average Bonchev–Trinajstić information content (AvgIpc) is 1.55. The molecule has 7 aromatic heterocycles. The molecule has 0 N–H and O–H groups in total. The van der Waals surface area contributed by atoms with E-state index in [1.807, 2.05) is 6.07 Å². The van der Waals surface area contributed by atoms with Crippen LogP contribution in [0.3, 0.4) is 0 Å². The molecule has 0 saturated heterocycles. The molecule has 0 amide bonds. The van der Waals surface area contributed by atoms with Crippen molar-refractivity contribution in [3.8, 4) is 90.0 Å². The molecule has 1 aliphatic rings. The summed E-state index contributed by atoms with van der Waals surface area (Å²) in [5, 5.41) is 25.3. The topological polar surface area (TPSA) is 42.5 Å². The Hall–Kier alpha value is -19.0. The summed E-state index contributed by atoms with van der Waals surface area (Å²) in [6.45, 7) is 4.71. The van der Waals surface area contributed by atoms with E-state index < -0.39 is 0 Å². The van der Waals surface area contributed by atoms with Crippen LogP contribution in [0, 0.1) is 0 Å². The first kappa shape index (κ1) is 83.1. The van der Waals surface area contributed by atoms with Crippen LogP contribution in [-0.2, 0) is 5.41 Å². The number of para-hydroxylation sites is 6. The minimum absolute atomic E-state index is 0.0414. The largest absolute Gasteiger partial charge is 0.309 e. The molecule has 145 heavy (non-hydrogen) atoms. The highest BCUT2D eigenvalue weighted by atomic mass is 15.0. The van der Waals surface area contributed by atoms with Gasteiger partial charge in [0.15, 0.2) is 0 Å². The Labute approximate surface area is 836 Å². The Morgan fingerprint density at radius 1 is 0.166 bits per heavy atom. The third kappa shape index (κ3) is 13.0. The van der Waals surface area contributed by atoms with Gasteiger partial charge < -0.3 is 27.4 Å². The van der Waals surface area contributed by atoms with E-state index >= 15 is 0 Å². The van der Waals surface area contributed by atoms with E-state index in [2.05, 4.69) is 551 Å². The summed E-state index contributed by atoms with van der Waals surface area (Å²) in [4.78, 5) is 5.08. The van der Waals surface area contributed by atoms with E-state index in [0.717, 1.165) is 51.0 Å². The van der Waals surface area contributed by atoms with Crippen molar-refractivity contribution in [2.24, 2.45) is 0 Å². The van der Waals surface area contributed by atoms with Crippen LogP contribution in [0.25, 0.3) is 264 Å². The van der Waals surface area contributed by atoms with E-state index in [0.29, 0.717) is 0 Å². The van der Waals surface area contributed by atoms with Crippen molar-refractivity contribution >= 4 is 174 Å². The monoisotopic (exact) mass is 1850 g/mol. The second kappa shape index (κ2) is 33.1. The van der Waals surface area contributed by atoms with Crippen LogP contribution in [0.15, 0.2) is 516 Å². The summed E-state index contributed by atoms with van der Waals surface area (Å²) in [5.74, 6) is 0. The Balaban J connectivity index is 0.000000103. The minimum atomic E-state index is -0.0414. The van der Waals surface area contributed by atoms with Gasteiger partial charge in [-0.2, -0.15) is 0 Å². The van der Waals surface area contributed by atoms with Gasteiger partial charge in [-0.25, -0.2) is 4.98 Å². The standard InChI is InChI=1S/C49H34N2.C45H29N3.C44H28N2/c1-49(2)41-23-10-8-21-38(41)47-36(22-13-24-42(47)49)32-15-12-18-34(28-32)51-43-25-11-9-20-37(43)39-29-40-46(30-45(39)51)50(33-16-4-3-5-17-33)44-27-26-31-14-6-7-19-35(31)48(40)44;1-3-14-31(15-4-1)39-22-12-23-40(46-39)32-16-11-19-34(27-32)48-41-24-10-9-21-36(41)37-28-38-44(29-43(37)48)47(33-17-5-2-6-18-33)42-26-25-30-13-7-8-20-35(30)45(38)42;1-3-13-29(14-4-1)32-24-26-40(35-20-10-9-19-34(32)35)46-39-22-12-11-21-36(39)37-27-38-43(28-42(37)46)45(31-16-5-2-6-17-31)41-25-23-30-15-7-8-18-33(30)44(38)41/h3-30H,1-2H3;1-29H;1-28H. The maximum Gasteiger partial charge on any atom is 0.0710 e. The van der Waals surface area contributed by atoms with Gasteiger partial charge >= 0.3 is 0 Å². The van der Waals surface area contributed by atoms with Crippen molar-refractivity contribution in [1.29, 1.82) is 0 Å². The summed E-state index contributed by atoms with van der Waals surface area (Å²) in [5.41, 5.74) is 36.0. The number of rotatable bonds is 10. The van der Waals surface area contributed by atoms with Gasteiger partial charge in [-0.1, -0.05) is 378 Å². The molecule has 678 valence electrons. The van der Waals surface area contributed by atoms with Gasteiger partial charge in [0.25, 0.3) is 0 Å². The smallest absolute Gasteiger partial charge is 0.0710 e. The van der Waals surface area contributed by atoms with E-state index in [4.69, 9.17) is 4.98 Å². The minimum Gasteiger partial charge on any atom is -0.309 e. The number of pyridine rings is 1. The lowest BCUT2D eigenvalue weighted by atomic mass is 9.82. The first-order valence-electron chi connectivity index (χ1n) is 50.1. The van der Waals surface area contributed by atoms with Crippen LogP contribution in [0.5, 0.6) is 0 Å². The molecule has 0 aliphatic heterocycles. The van der Waals surface area contributed by atoms with Crippen molar-refractivity contribution in [2.45, 2.75) is 19.3 Å². The van der Waals surface area contributed by atoms with Crippen LogP contribution < -0.4 is 0 Å². The fraction of sp³-hybridized carbons (Fsp3) is 0.0217. The van der Waals surface area contributed by atoms with Gasteiger partial charge in [-0.3, -0.25) is 0 Å². The number of nitrogens with zero attached hydrogens (tertiary/aromatic N) is 7. The predicted molar refractivity (Wildman–Crippen MR) is 612 cm³/mol. The molecule has 0 spiro atoms. The fourth-order valence-electron chi connectivity index (χ4n) is 24.5. The first-order valence-corrected chi connectivity index (χ1v) is 50.1. The summed E-state index contributed by atoms with van der Waals surface area (Å²) >= 11 is 0. The lowest BCUT2D eigenvalue weighted by molar-refractivity contribution is 0.660. The predicted octanol–water partition coefficient (Wildman–Crippen LogP) is 36.6. The average molecular weight is 1850 g/mol. The molecule has 23 aromatic carbocycles. The highest BCUT2D eigenvalue weighted by Gasteiger charge is 2.37. The molecule has 0 bridgehead atoms. The molecule has 0 atom stereocenters. The van der Waals surface area contributed by atoms with Crippen molar-refractivity contribution in [2.75, 3.05) is 0 Å². The zero-order valence-corrected chi connectivity index (χ0v) is 79.7. The molecule has 31 rings (SSSR count). The van der Waals surface area contributed by atoms with Crippen LogP contribution >= 0.6 is 0 Å². The van der Waals surface area contributed by atoms with Gasteiger partial charge in [0.05, 0.1) is 83.3 Å². The Morgan fingerprint density at radius 2 is 0.490 bits per heavy atom. The van der Waals surface area contributed by atoms with Crippen molar-refractivity contribution in [3.05, 3.63) is 527 Å². The Kier molecular flexibility index (Phi) is 19.0. The number of hydrogen-bond donors (Lipinski definition) is 0. The van der Waals surface area contributed by atoms with Gasteiger partial charge in [0.2, 0.25) is 0 Å². The molecule has 0 saturated carbocycles. The SMILES string of the molecule is CC1(C)c2ccccc2-c2c(-c3cccc(-n4c5ccccc5c5cc6c7c8ccccc8ccc7n(-c7ccccc7)c6cc54)c3)cccc21.c1ccc(-c2ccc(-n3c4ccccc4c4cc5c6c7ccccc7ccc6n(-c6ccccc6)c5cc43)c3ccccc23)cc1.c1ccc(-c2cccc(-c3cccc(-n4c5ccccc5c5cc6c7c8ccccc8ccc7n(-c7ccccc7)c6cc54)c3)n2)cc1. The van der Waals surface area contributed by atoms with Gasteiger partial charge in [-0.05, 0) is 234 Å². The fourth-order valence-corrected chi connectivity index (χ4v) is 24.5. The third-order valence-corrected chi connectivity index (χ3v) is 30.9. The number of fused-ring (bicyclic) bond motifs is 28. The second-order valence-corrected chi connectivity index (χ2v) is 39.1. The summed E-state index contributed by atoms with van der Waals surface area (Å²) in [7, 11) is 0. The van der Waals surface area contributed by atoms with Crippen LogP contribution in [0.4, 0.5) is 0 Å². The van der Waals surface area contributed by atoms with E-state index in [-0.39, 0.29) is 5.41 Å². The molecule has 0 unspecified atom stereocenters. The maximum absolute atomic E-state index is 5.08. The van der Waals surface area contributed by atoms with E-state index in [9.17, 15) is 0 Å². The summed E-state index contributed by atoms with van der Waals surface area (Å²) < 4.78 is 14.7. The number of aromatic nitrogens is 7. The zero-order valence-electron chi connectivity index (χ0n) is 79.7. The first-order chi connectivity index (χ1) is 71.7. The lowest BCUT2D eigenvalue weighted by Gasteiger charge is -2.21. The Morgan fingerprint density at radius 3 is 0.972 bits per heavy atom. The van der Waals surface area contributed by atoms with Gasteiger partial charge in [-0.15, -0.1) is 0 Å². The molecule has 7 nitrogen and oxygen atoms in total. The molecular weight excluding hydrogens is 1760 g/mol. The van der Waals surface area contributed by atoms with Gasteiger partial charge in [0, 0.05) is 115 Å². The van der Waals surface area contributed by atoms with Crippen LogP contribution in [-0.4, -0.2) is 32.4 Å². The van der Waals surface area contributed by atoms with Crippen molar-refractivity contribution in [1.82, 2.24) is 32.4 Å². The summed E-state index contributed by atoms with van der Waals surface area (Å²) in [6.07, 6.45) is 0. The molecule has 7 heterocycles. The van der Waals surface area contributed by atoms with Crippen LogP contribution in [0.2, 0.25) is 0 Å². The third-order valence-electron chi connectivity index (χ3n) is 30.9. The van der Waals surface area contributed by atoms with Crippen molar-refractivity contribution in [3.63, 3.8) is 0 Å². The highest BCUT2D eigenvalue weighted by molar-refractivity contribution is 6.29. The number of hydrogen-bond acceptors (Lipinski definition) is 1. The maximum atomic E-state index is 5.08. The molecular formula is C138H91N7. The molecule has 1 aliphatic carbocycles. The number of benzene rings is 23. The normalized spacial score (nSPS) is 12.4. The molecule has 30 aromatic rings. The van der Waals surface area contributed by atoms with E-state index in [1.165, 1.54) is 224 Å².